The summed E-state index contributed by atoms with van der Waals surface area (Å²) < 4.78 is 10.7. The summed E-state index contributed by atoms with van der Waals surface area (Å²) in [5.74, 6) is 0. The van der Waals surface area contributed by atoms with Crippen molar-refractivity contribution in [3.8, 4) is 11.3 Å². The molecule has 5 aromatic rings. The SMILES string of the molecule is Cc1ccc2c(n1)oc1c3cc(C)c(-c4cccc[n+]4C)cc3sc21. The summed E-state index contributed by atoms with van der Waals surface area (Å²) >= 11 is 1.78. The highest BCUT2D eigenvalue weighted by Gasteiger charge is 2.18. The quantitative estimate of drug-likeness (QED) is 0.386. The molecule has 0 radical (unpaired) electrons. The Hall–Kier alpha value is -2.72. The van der Waals surface area contributed by atoms with Gasteiger partial charge < -0.3 is 4.42 Å². The molecule has 5 rings (SSSR count). The summed E-state index contributed by atoms with van der Waals surface area (Å²) in [7, 11) is 2.08. The highest BCUT2D eigenvalue weighted by molar-refractivity contribution is 7.26. The Bertz CT molecular complexity index is 1280. The van der Waals surface area contributed by atoms with Crippen molar-refractivity contribution < 1.29 is 8.98 Å². The fraction of sp³-hybridized carbons (Fsp3) is 0.143. The molecule has 0 amide bonds. The number of pyridine rings is 2. The fourth-order valence-electron chi connectivity index (χ4n) is 3.47. The van der Waals surface area contributed by atoms with Crippen LogP contribution in [0.4, 0.5) is 0 Å². The normalized spacial score (nSPS) is 11.8. The molecule has 122 valence electrons. The van der Waals surface area contributed by atoms with E-state index < -0.39 is 0 Å². The summed E-state index contributed by atoms with van der Waals surface area (Å²) in [6, 6.07) is 15.0. The van der Waals surface area contributed by atoms with Crippen LogP contribution in [-0.2, 0) is 7.05 Å². The van der Waals surface area contributed by atoms with Crippen molar-refractivity contribution in [1.29, 1.82) is 0 Å². The van der Waals surface area contributed by atoms with Crippen molar-refractivity contribution in [3.05, 3.63) is 59.9 Å². The van der Waals surface area contributed by atoms with E-state index in [9.17, 15) is 0 Å². The zero-order valence-corrected chi connectivity index (χ0v) is 15.1. The number of thiophene rings is 1. The van der Waals surface area contributed by atoms with Crippen LogP contribution in [0.2, 0.25) is 0 Å². The molecule has 0 saturated heterocycles. The molecule has 0 atom stereocenters. The van der Waals surface area contributed by atoms with Gasteiger partial charge in [-0.3, -0.25) is 0 Å². The van der Waals surface area contributed by atoms with Gasteiger partial charge in [-0.25, -0.2) is 9.55 Å². The maximum atomic E-state index is 6.10. The largest absolute Gasteiger partial charge is 0.436 e. The summed E-state index contributed by atoms with van der Waals surface area (Å²) in [6.07, 6.45) is 2.08. The average Bonchev–Trinajstić information content (AvgIpc) is 3.10. The Morgan fingerprint density at radius 3 is 2.76 bits per heavy atom. The standard InChI is InChI=1S/C21H17N2OS/c1-12-10-16-18(11-15(12)17-6-4-5-9-23(17)3)25-20-14-8-7-13(2)22-21(14)24-19(16)20/h4-11H,1-3H3/q+1. The van der Waals surface area contributed by atoms with E-state index in [1.165, 1.54) is 31.6 Å². The van der Waals surface area contributed by atoms with Crippen molar-refractivity contribution in [2.24, 2.45) is 7.05 Å². The van der Waals surface area contributed by atoms with Gasteiger partial charge in [-0.15, -0.1) is 11.3 Å². The van der Waals surface area contributed by atoms with Crippen molar-refractivity contribution in [3.63, 3.8) is 0 Å². The van der Waals surface area contributed by atoms with Gasteiger partial charge in [-0.2, -0.15) is 0 Å². The lowest BCUT2D eigenvalue weighted by Crippen LogP contribution is -2.30. The van der Waals surface area contributed by atoms with Gasteiger partial charge in [0.15, 0.2) is 11.8 Å². The molecule has 0 unspecified atom stereocenters. The lowest BCUT2D eigenvalue weighted by atomic mass is 10.0. The van der Waals surface area contributed by atoms with Gasteiger partial charge in [0.25, 0.3) is 0 Å². The number of nitrogens with zero attached hydrogens (tertiary/aromatic N) is 2. The van der Waals surface area contributed by atoms with Crippen LogP contribution in [0.1, 0.15) is 11.3 Å². The zero-order chi connectivity index (χ0) is 17.1. The fourth-order valence-corrected chi connectivity index (χ4v) is 4.63. The minimum Gasteiger partial charge on any atom is -0.436 e. The second-order valence-corrected chi connectivity index (χ2v) is 7.58. The highest BCUT2D eigenvalue weighted by atomic mass is 32.1. The Morgan fingerprint density at radius 2 is 1.92 bits per heavy atom. The maximum absolute atomic E-state index is 6.10. The number of hydrogen-bond donors (Lipinski definition) is 0. The third-order valence-corrected chi connectivity index (χ3v) is 5.93. The lowest BCUT2D eigenvalue weighted by Gasteiger charge is -2.04. The van der Waals surface area contributed by atoms with Crippen LogP contribution in [0.25, 0.3) is 42.7 Å². The lowest BCUT2D eigenvalue weighted by molar-refractivity contribution is -0.660. The molecule has 25 heavy (non-hydrogen) atoms. The molecule has 1 aromatic carbocycles. The van der Waals surface area contributed by atoms with E-state index in [-0.39, 0.29) is 0 Å². The topological polar surface area (TPSA) is 29.9 Å². The number of hydrogen-bond acceptors (Lipinski definition) is 3. The Kier molecular flexibility index (Phi) is 3.00. The molecule has 0 aliphatic rings. The van der Waals surface area contributed by atoms with Crippen LogP contribution < -0.4 is 4.57 Å². The van der Waals surface area contributed by atoms with Crippen LogP contribution in [0, 0.1) is 13.8 Å². The monoisotopic (exact) mass is 345 g/mol. The van der Waals surface area contributed by atoms with E-state index in [0.717, 1.165) is 22.4 Å². The number of aryl methyl sites for hydroxylation is 3. The second kappa shape index (κ2) is 5.14. The summed E-state index contributed by atoms with van der Waals surface area (Å²) in [4.78, 5) is 4.53. The van der Waals surface area contributed by atoms with E-state index in [1.807, 2.05) is 13.0 Å². The van der Waals surface area contributed by atoms with Crippen molar-refractivity contribution in [2.45, 2.75) is 13.8 Å². The van der Waals surface area contributed by atoms with Gasteiger partial charge in [0.05, 0.1) is 15.6 Å². The van der Waals surface area contributed by atoms with Gasteiger partial charge in [0, 0.05) is 27.9 Å². The van der Waals surface area contributed by atoms with Gasteiger partial charge in [-0.05, 0) is 49.7 Å². The first-order valence-corrected chi connectivity index (χ1v) is 9.11. The van der Waals surface area contributed by atoms with Crippen molar-refractivity contribution >= 4 is 42.8 Å². The maximum Gasteiger partial charge on any atom is 0.228 e. The van der Waals surface area contributed by atoms with Crippen LogP contribution in [0.5, 0.6) is 0 Å². The van der Waals surface area contributed by atoms with Crippen molar-refractivity contribution in [2.75, 3.05) is 0 Å². The number of fused-ring (bicyclic) bond motifs is 5. The van der Waals surface area contributed by atoms with Gasteiger partial charge in [0.2, 0.25) is 11.4 Å². The first-order chi connectivity index (χ1) is 12.1. The van der Waals surface area contributed by atoms with Crippen LogP contribution >= 0.6 is 11.3 Å². The third-order valence-electron chi connectivity index (χ3n) is 4.76. The van der Waals surface area contributed by atoms with Crippen LogP contribution in [0.3, 0.4) is 0 Å². The average molecular weight is 345 g/mol. The van der Waals surface area contributed by atoms with Gasteiger partial charge in [0.1, 0.15) is 7.05 Å². The summed E-state index contributed by atoms with van der Waals surface area (Å²) in [5.41, 5.74) is 6.40. The van der Waals surface area contributed by atoms with Crippen molar-refractivity contribution in [1.82, 2.24) is 4.98 Å². The minimum atomic E-state index is 0.735. The van der Waals surface area contributed by atoms with E-state index in [2.05, 4.69) is 66.1 Å². The molecule has 0 aliphatic carbocycles. The summed E-state index contributed by atoms with van der Waals surface area (Å²) in [6.45, 7) is 4.15. The molecule has 4 heterocycles. The molecular formula is C21H17N2OS+. The first kappa shape index (κ1) is 14.6. The Balaban J connectivity index is 1.84. The Labute approximate surface area is 149 Å². The zero-order valence-electron chi connectivity index (χ0n) is 14.3. The van der Waals surface area contributed by atoms with Gasteiger partial charge in [-0.1, -0.05) is 0 Å². The van der Waals surface area contributed by atoms with Gasteiger partial charge >= 0.3 is 0 Å². The molecule has 3 nitrogen and oxygen atoms in total. The molecule has 4 aromatic heterocycles. The first-order valence-electron chi connectivity index (χ1n) is 8.30. The molecule has 0 N–H and O–H groups in total. The number of rotatable bonds is 1. The highest BCUT2D eigenvalue weighted by Crippen LogP contribution is 2.42. The Morgan fingerprint density at radius 1 is 1.04 bits per heavy atom. The predicted molar refractivity (Wildman–Crippen MR) is 103 cm³/mol. The molecule has 0 aliphatic heterocycles. The molecule has 0 saturated carbocycles. The van der Waals surface area contributed by atoms with E-state index >= 15 is 0 Å². The van der Waals surface area contributed by atoms with E-state index in [1.54, 1.807) is 11.3 Å². The number of benzene rings is 1. The molecule has 0 fully saturated rings. The second-order valence-electron chi connectivity index (χ2n) is 6.53. The van der Waals surface area contributed by atoms with E-state index in [0.29, 0.717) is 0 Å². The molecule has 4 heteroatoms. The molecule has 0 bridgehead atoms. The molecule has 0 spiro atoms. The third kappa shape index (κ3) is 2.11. The number of furan rings is 1. The minimum absolute atomic E-state index is 0.735. The van der Waals surface area contributed by atoms with E-state index in [4.69, 9.17) is 4.42 Å². The smallest absolute Gasteiger partial charge is 0.228 e. The van der Waals surface area contributed by atoms with Crippen LogP contribution in [0.15, 0.2) is 53.1 Å². The summed E-state index contributed by atoms with van der Waals surface area (Å²) in [5, 5.41) is 2.28. The predicted octanol–water partition coefficient (Wildman–Crippen LogP) is 5.30. The number of aromatic nitrogens is 2. The van der Waals surface area contributed by atoms with Crippen LogP contribution in [-0.4, -0.2) is 4.98 Å². The molecular weight excluding hydrogens is 328 g/mol.